The highest BCUT2D eigenvalue weighted by molar-refractivity contribution is 14.1. The molecule has 0 amide bonds. The van der Waals surface area contributed by atoms with Crippen molar-refractivity contribution >= 4 is 34.5 Å². The lowest BCUT2D eigenvalue weighted by Gasteiger charge is -2.07. The molecular formula is C27H25IN2O4. The molecule has 1 heterocycles. The number of aromatic amines is 1. The Balaban J connectivity index is 0.000000215. The van der Waals surface area contributed by atoms with Crippen molar-refractivity contribution in [2.75, 3.05) is 6.61 Å². The summed E-state index contributed by atoms with van der Waals surface area (Å²) in [5.41, 5.74) is 6.12. The number of aromatic carboxylic acids is 1. The van der Waals surface area contributed by atoms with Gasteiger partial charge in [-0.3, -0.25) is 5.10 Å². The topological polar surface area (TPSA) is 92.3 Å². The van der Waals surface area contributed by atoms with Gasteiger partial charge in [0.15, 0.2) is 0 Å². The van der Waals surface area contributed by atoms with Gasteiger partial charge in [-0.15, -0.1) is 0 Å². The number of aryl methyl sites for hydroxylation is 2. The van der Waals surface area contributed by atoms with Crippen LogP contribution in [0.25, 0.3) is 22.5 Å². The predicted octanol–water partition coefficient (Wildman–Crippen LogP) is 6.53. The number of nitrogens with one attached hydrogen (secondary N) is 1. The molecule has 6 nitrogen and oxygen atoms in total. The maximum Gasteiger partial charge on any atom is 0.339 e. The Morgan fingerprint density at radius 3 is 2.24 bits per heavy atom. The number of ether oxygens (including phenoxy) is 1. The first-order valence-electron chi connectivity index (χ1n) is 10.7. The van der Waals surface area contributed by atoms with Gasteiger partial charge < -0.3 is 9.84 Å². The number of carboxylic acid groups (broad SMARTS) is 1. The first kappa shape index (κ1) is 25.2. The van der Waals surface area contributed by atoms with Crippen molar-refractivity contribution in [2.45, 2.75) is 20.8 Å². The molecule has 0 saturated heterocycles. The van der Waals surface area contributed by atoms with E-state index in [9.17, 15) is 14.7 Å². The van der Waals surface area contributed by atoms with Crippen LogP contribution in [-0.4, -0.2) is 33.8 Å². The quantitative estimate of drug-likeness (QED) is 0.211. The molecule has 0 aliphatic heterocycles. The van der Waals surface area contributed by atoms with E-state index in [0.717, 1.165) is 26.0 Å². The number of hydrogen-bond acceptors (Lipinski definition) is 4. The third-order valence-electron chi connectivity index (χ3n) is 5.11. The zero-order chi connectivity index (χ0) is 24.7. The van der Waals surface area contributed by atoms with Gasteiger partial charge in [0.05, 0.1) is 29.1 Å². The molecule has 174 valence electrons. The summed E-state index contributed by atoms with van der Waals surface area (Å²) in [5.74, 6) is -1.18. The summed E-state index contributed by atoms with van der Waals surface area (Å²) in [5, 5.41) is 16.6. The zero-order valence-corrected chi connectivity index (χ0v) is 21.3. The van der Waals surface area contributed by atoms with Gasteiger partial charge >= 0.3 is 11.9 Å². The standard InChI is InChI=1S/C17H14N2O2.C10H11IO2/c1-11-6-5-9-13(17(20)21)16(11)15-10-14(18-19-15)12-7-3-2-4-8-12;1-3-13-10(12)8-6-4-5-7(2)9(8)11/h2-10H,1H3,(H,18,19)(H,20,21);4-6H,3H2,1-2H3. The van der Waals surface area contributed by atoms with Gasteiger partial charge in [-0.1, -0.05) is 54.6 Å². The number of aromatic nitrogens is 2. The Labute approximate surface area is 212 Å². The van der Waals surface area contributed by atoms with Crippen molar-refractivity contribution in [2.24, 2.45) is 0 Å². The second-order valence-corrected chi connectivity index (χ2v) is 8.57. The van der Waals surface area contributed by atoms with Crippen LogP contribution >= 0.6 is 22.6 Å². The third kappa shape index (κ3) is 5.91. The number of carbonyl (C=O) groups is 2. The highest BCUT2D eigenvalue weighted by atomic mass is 127. The Kier molecular flexibility index (Phi) is 8.59. The maximum atomic E-state index is 11.4. The van der Waals surface area contributed by atoms with Gasteiger partial charge in [-0.2, -0.15) is 5.10 Å². The van der Waals surface area contributed by atoms with Crippen LogP contribution in [0.3, 0.4) is 0 Å². The van der Waals surface area contributed by atoms with E-state index in [1.165, 1.54) is 0 Å². The van der Waals surface area contributed by atoms with Gasteiger partial charge in [-0.25, -0.2) is 9.59 Å². The van der Waals surface area contributed by atoms with E-state index in [4.69, 9.17) is 4.74 Å². The Morgan fingerprint density at radius 2 is 1.59 bits per heavy atom. The van der Waals surface area contributed by atoms with E-state index < -0.39 is 5.97 Å². The lowest BCUT2D eigenvalue weighted by molar-refractivity contribution is 0.0524. The lowest BCUT2D eigenvalue weighted by Crippen LogP contribution is -2.07. The van der Waals surface area contributed by atoms with Crippen molar-refractivity contribution in [3.05, 3.63) is 98.6 Å². The van der Waals surface area contributed by atoms with Crippen LogP contribution in [0, 0.1) is 17.4 Å². The molecule has 0 bridgehead atoms. The summed E-state index contributed by atoms with van der Waals surface area (Å²) in [7, 11) is 0. The molecule has 0 fully saturated rings. The number of nitrogens with zero attached hydrogens (tertiary/aromatic N) is 1. The van der Waals surface area contributed by atoms with Crippen LogP contribution in [0.15, 0.2) is 72.8 Å². The largest absolute Gasteiger partial charge is 0.478 e. The summed E-state index contributed by atoms with van der Waals surface area (Å²) >= 11 is 2.16. The minimum atomic E-state index is -0.940. The molecule has 0 unspecified atom stereocenters. The summed E-state index contributed by atoms with van der Waals surface area (Å²) in [6, 6.07) is 22.5. The number of esters is 1. The maximum absolute atomic E-state index is 11.4. The number of carbonyl (C=O) groups excluding carboxylic acids is 1. The van der Waals surface area contributed by atoms with E-state index in [1.807, 2.05) is 68.4 Å². The normalized spacial score (nSPS) is 10.2. The van der Waals surface area contributed by atoms with Gasteiger partial charge in [0, 0.05) is 14.7 Å². The van der Waals surface area contributed by atoms with Gasteiger partial charge in [0.2, 0.25) is 0 Å². The average Bonchev–Trinajstić information content (AvgIpc) is 3.31. The number of H-pyrrole nitrogens is 1. The molecule has 34 heavy (non-hydrogen) atoms. The molecule has 0 aliphatic carbocycles. The molecule has 1 aromatic heterocycles. The van der Waals surface area contributed by atoms with Gasteiger partial charge in [-0.05, 0) is 72.7 Å². The Bertz CT molecular complexity index is 1300. The minimum absolute atomic E-state index is 0.240. The number of carboxylic acids is 1. The van der Waals surface area contributed by atoms with E-state index in [1.54, 1.807) is 25.1 Å². The van der Waals surface area contributed by atoms with Crippen LogP contribution in [0.2, 0.25) is 0 Å². The van der Waals surface area contributed by atoms with Crippen molar-refractivity contribution in [3.8, 4) is 22.5 Å². The van der Waals surface area contributed by atoms with Crippen molar-refractivity contribution < 1.29 is 19.4 Å². The summed E-state index contributed by atoms with van der Waals surface area (Å²) in [4.78, 5) is 22.8. The second-order valence-electron chi connectivity index (χ2n) is 7.49. The first-order chi connectivity index (χ1) is 16.3. The van der Waals surface area contributed by atoms with Crippen LogP contribution in [0.5, 0.6) is 0 Å². The molecule has 0 atom stereocenters. The van der Waals surface area contributed by atoms with Gasteiger partial charge in [0.25, 0.3) is 0 Å². The molecule has 4 aromatic rings. The van der Waals surface area contributed by atoms with Crippen molar-refractivity contribution in [3.63, 3.8) is 0 Å². The number of benzene rings is 3. The second kappa shape index (κ2) is 11.6. The molecule has 0 saturated carbocycles. The highest BCUT2D eigenvalue weighted by Crippen LogP contribution is 2.29. The number of rotatable bonds is 5. The fourth-order valence-corrected chi connectivity index (χ4v) is 4.00. The van der Waals surface area contributed by atoms with E-state index in [0.29, 0.717) is 23.4 Å². The summed E-state index contributed by atoms with van der Waals surface area (Å²) in [6.07, 6.45) is 0. The summed E-state index contributed by atoms with van der Waals surface area (Å²) < 4.78 is 5.89. The van der Waals surface area contributed by atoms with Crippen molar-refractivity contribution in [1.82, 2.24) is 10.2 Å². The van der Waals surface area contributed by atoms with Crippen molar-refractivity contribution in [1.29, 1.82) is 0 Å². The van der Waals surface area contributed by atoms with Crippen LogP contribution in [0.4, 0.5) is 0 Å². The predicted molar refractivity (Wildman–Crippen MR) is 141 cm³/mol. The van der Waals surface area contributed by atoms with E-state index in [-0.39, 0.29) is 11.5 Å². The molecule has 0 spiro atoms. The first-order valence-corrected chi connectivity index (χ1v) is 11.8. The minimum Gasteiger partial charge on any atom is -0.478 e. The Morgan fingerprint density at radius 1 is 0.941 bits per heavy atom. The lowest BCUT2D eigenvalue weighted by atomic mass is 9.98. The van der Waals surface area contributed by atoms with Gasteiger partial charge in [0.1, 0.15) is 0 Å². The van der Waals surface area contributed by atoms with E-state index >= 15 is 0 Å². The molecule has 0 aliphatic rings. The zero-order valence-electron chi connectivity index (χ0n) is 19.1. The Hall–Kier alpha value is -3.46. The molecule has 7 heteroatoms. The molecule has 3 aromatic carbocycles. The fraction of sp³-hybridized carbons (Fsp3) is 0.148. The van der Waals surface area contributed by atoms with E-state index in [2.05, 4.69) is 32.8 Å². The number of hydrogen-bond donors (Lipinski definition) is 2. The number of halogens is 1. The molecular weight excluding hydrogens is 543 g/mol. The third-order valence-corrected chi connectivity index (χ3v) is 6.54. The highest BCUT2D eigenvalue weighted by Gasteiger charge is 2.16. The molecule has 0 radical (unpaired) electrons. The molecule has 2 N–H and O–H groups in total. The SMILES string of the molecule is CCOC(=O)c1cccc(C)c1I.Cc1cccc(C(=O)O)c1-c1cc(-c2ccccc2)n[nH]1. The van der Waals surface area contributed by atoms with Crippen LogP contribution in [-0.2, 0) is 4.74 Å². The van der Waals surface area contributed by atoms with Crippen LogP contribution < -0.4 is 0 Å². The fourth-order valence-electron chi connectivity index (χ4n) is 3.42. The van der Waals surface area contributed by atoms with Crippen LogP contribution in [0.1, 0.15) is 38.8 Å². The smallest absolute Gasteiger partial charge is 0.339 e. The summed E-state index contributed by atoms with van der Waals surface area (Å²) in [6.45, 7) is 6.10. The average molecular weight is 568 g/mol. The molecule has 4 rings (SSSR count). The monoisotopic (exact) mass is 568 g/mol.